The molecule has 1 amide bonds. The van der Waals surface area contributed by atoms with Gasteiger partial charge in [0, 0.05) is 5.69 Å². The molecule has 0 aromatic heterocycles. The molecule has 1 unspecified atom stereocenters. The van der Waals surface area contributed by atoms with E-state index in [1.54, 1.807) is 6.07 Å². The van der Waals surface area contributed by atoms with E-state index >= 15 is 0 Å². The van der Waals surface area contributed by atoms with E-state index in [2.05, 4.69) is 21.2 Å². The summed E-state index contributed by atoms with van der Waals surface area (Å²) in [6.07, 6.45) is 0. The molecule has 1 atom stereocenters. The highest BCUT2D eigenvalue weighted by molar-refractivity contribution is 9.10. The van der Waals surface area contributed by atoms with Crippen LogP contribution in [0, 0.1) is 11.7 Å². The Morgan fingerprint density at radius 1 is 1.47 bits per heavy atom. The molecule has 17 heavy (non-hydrogen) atoms. The number of anilines is 1. The van der Waals surface area contributed by atoms with Gasteiger partial charge in [0.1, 0.15) is 5.82 Å². The predicted octanol–water partition coefficient (Wildman–Crippen LogP) is 2.93. The molecule has 0 radical (unpaired) electrons. The van der Waals surface area contributed by atoms with E-state index in [1.807, 2.05) is 13.8 Å². The minimum Gasteiger partial charge on any atom is -0.325 e. The summed E-state index contributed by atoms with van der Waals surface area (Å²) in [4.78, 5) is 11.6. The third kappa shape index (κ3) is 4.61. The van der Waals surface area contributed by atoms with E-state index in [0.717, 1.165) is 0 Å². The summed E-state index contributed by atoms with van der Waals surface area (Å²) in [5.74, 6) is -0.687. The molecular weight excluding hydrogens is 310 g/mol. The smallest absolute Gasteiger partial charge is 0.241 e. The van der Waals surface area contributed by atoms with Gasteiger partial charge in [-0.1, -0.05) is 13.8 Å². The van der Waals surface area contributed by atoms with Crippen molar-refractivity contribution in [2.24, 2.45) is 11.7 Å². The van der Waals surface area contributed by atoms with Gasteiger partial charge in [-0.15, -0.1) is 12.4 Å². The van der Waals surface area contributed by atoms with Crippen molar-refractivity contribution >= 4 is 39.9 Å². The lowest BCUT2D eigenvalue weighted by Crippen LogP contribution is -2.39. The van der Waals surface area contributed by atoms with E-state index in [4.69, 9.17) is 5.73 Å². The highest BCUT2D eigenvalue weighted by atomic mass is 79.9. The second-order valence-corrected chi connectivity index (χ2v) is 4.74. The number of nitrogens with two attached hydrogens (primary N) is 1. The number of halogens is 3. The van der Waals surface area contributed by atoms with Crippen LogP contribution in [0.15, 0.2) is 22.7 Å². The van der Waals surface area contributed by atoms with Gasteiger partial charge >= 0.3 is 0 Å². The third-order valence-electron chi connectivity index (χ3n) is 2.21. The van der Waals surface area contributed by atoms with Crippen molar-refractivity contribution in [3.05, 3.63) is 28.5 Å². The zero-order valence-electron chi connectivity index (χ0n) is 9.54. The topological polar surface area (TPSA) is 55.1 Å². The number of hydrogen-bond acceptors (Lipinski definition) is 2. The summed E-state index contributed by atoms with van der Waals surface area (Å²) in [5, 5.41) is 2.57. The van der Waals surface area contributed by atoms with E-state index in [0.29, 0.717) is 10.2 Å². The van der Waals surface area contributed by atoms with Crippen LogP contribution in [0.5, 0.6) is 0 Å². The van der Waals surface area contributed by atoms with Crippen molar-refractivity contribution in [3.63, 3.8) is 0 Å². The molecule has 3 nitrogen and oxygen atoms in total. The molecule has 0 spiro atoms. The summed E-state index contributed by atoms with van der Waals surface area (Å²) >= 11 is 3.04. The van der Waals surface area contributed by atoms with Gasteiger partial charge in [-0.25, -0.2) is 4.39 Å². The fraction of sp³-hybridized carbons (Fsp3) is 0.364. The number of amides is 1. The number of rotatable bonds is 3. The predicted molar refractivity (Wildman–Crippen MR) is 72.8 cm³/mol. The van der Waals surface area contributed by atoms with Crippen LogP contribution >= 0.6 is 28.3 Å². The molecule has 0 saturated carbocycles. The van der Waals surface area contributed by atoms with Gasteiger partial charge in [-0.2, -0.15) is 0 Å². The van der Waals surface area contributed by atoms with Crippen LogP contribution in [-0.2, 0) is 4.79 Å². The van der Waals surface area contributed by atoms with E-state index in [1.165, 1.54) is 12.1 Å². The molecule has 96 valence electrons. The zero-order chi connectivity index (χ0) is 12.3. The Hall–Kier alpha value is -0.650. The highest BCUT2D eigenvalue weighted by Crippen LogP contribution is 2.19. The molecule has 3 N–H and O–H groups in total. The monoisotopic (exact) mass is 324 g/mol. The molecule has 0 aliphatic carbocycles. The molecule has 6 heteroatoms. The maximum absolute atomic E-state index is 13.2. The summed E-state index contributed by atoms with van der Waals surface area (Å²) < 4.78 is 13.5. The maximum atomic E-state index is 13.2. The Morgan fingerprint density at radius 3 is 2.53 bits per heavy atom. The fourth-order valence-electron chi connectivity index (χ4n) is 1.10. The Bertz CT molecular complexity index is 401. The number of benzene rings is 1. The number of hydrogen-bond donors (Lipinski definition) is 2. The normalized spacial score (nSPS) is 11.9. The molecule has 0 aliphatic heterocycles. The Morgan fingerprint density at radius 2 is 2.06 bits per heavy atom. The molecule has 0 aliphatic rings. The average Bonchev–Trinajstić information content (AvgIpc) is 2.22. The standard InChI is InChI=1S/C11H14BrFN2O.ClH/c1-6(2)10(14)11(16)15-7-3-4-8(12)9(13)5-7;/h3-6,10H,14H2,1-2H3,(H,15,16);1H. The van der Waals surface area contributed by atoms with Crippen LogP contribution in [0.4, 0.5) is 10.1 Å². The van der Waals surface area contributed by atoms with Gasteiger partial charge in [-0.3, -0.25) is 4.79 Å². The van der Waals surface area contributed by atoms with Crippen molar-refractivity contribution in [1.29, 1.82) is 0 Å². The van der Waals surface area contributed by atoms with Crippen LogP contribution in [-0.4, -0.2) is 11.9 Å². The molecule has 1 aromatic carbocycles. The molecule has 1 rings (SSSR count). The van der Waals surface area contributed by atoms with Crippen molar-refractivity contribution in [3.8, 4) is 0 Å². The average molecular weight is 326 g/mol. The summed E-state index contributed by atoms with van der Waals surface area (Å²) in [5.41, 5.74) is 6.07. The van der Waals surface area contributed by atoms with Crippen LogP contribution < -0.4 is 11.1 Å². The van der Waals surface area contributed by atoms with Gasteiger partial charge in [0.05, 0.1) is 10.5 Å². The molecule has 0 heterocycles. The van der Waals surface area contributed by atoms with E-state index in [-0.39, 0.29) is 24.2 Å². The van der Waals surface area contributed by atoms with Crippen molar-refractivity contribution in [1.82, 2.24) is 0 Å². The molecule has 0 fully saturated rings. The third-order valence-corrected chi connectivity index (χ3v) is 2.85. The summed E-state index contributed by atoms with van der Waals surface area (Å²) in [7, 11) is 0. The van der Waals surface area contributed by atoms with Crippen LogP contribution in [0.1, 0.15) is 13.8 Å². The number of carbonyl (C=O) groups excluding carboxylic acids is 1. The molecule has 0 bridgehead atoms. The van der Waals surface area contributed by atoms with Gasteiger partial charge in [-0.05, 0) is 40.0 Å². The van der Waals surface area contributed by atoms with Crippen molar-refractivity contribution in [2.45, 2.75) is 19.9 Å². The van der Waals surface area contributed by atoms with Gasteiger partial charge in [0.2, 0.25) is 5.91 Å². The Labute approximate surface area is 114 Å². The molecule has 0 saturated heterocycles. The van der Waals surface area contributed by atoms with Crippen LogP contribution in [0.2, 0.25) is 0 Å². The maximum Gasteiger partial charge on any atom is 0.241 e. The first kappa shape index (κ1) is 16.4. The minimum absolute atomic E-state index is 0. The Balaban J connectivity index is 0.00000256. The van der Waals surface area contributed by atoms with Crippen molar-refractivity contribution < 1.29 is 9.18 Å². The lowest BCUT2D eigenvalue weighted by Gasteiger charge is -2.15. The van der Waals surface area contributed by atoms with E-state index in [9.17, 15) is 9.18 Å². The van der Waals surface area contributed by atoms with E-state index < -0.39 is 11.9 Å². The molecular formula is C11H15BrClFN2O. The minimum atomic E-state index is -0.591. The van der Waals surface area contributed by atoms with Gasteiger partial charge in [0.15, 0.2) is 0 Å². The summed E-state index contributed by atoms with van der Waals surface area (Å²) in [6, 6.07) is 3.80. The number of carbonyl (C=O) groups is 1. The van der Waals surface area contributed by atoms with Gasteiger partial charge < -0.3 is 11.1 Å². The SMILES string of the molecule is CC(C)C(N)C(=O)Nc1ccc(Br)c(F)c1.Cl. The first-order valence-corrected chi connectivity index (χ1v) is 5.72. The van der Waals surface area contributed by atoms with Crippen LogP contribution in [0.3, 0.4) is 0 Å². The van der Waals surface area contributed by atoms with Crippen molar-refractivity contribution in [2.75, 3.05) is 5.32 Å². The second kappa shape index (κ2) is 6.93. The zero-order valence-corrected chi connectivity index (χ0v) is 11.9. The molecule has 1 aromatic rings. The number of nitrogens with one attached hydrogen (secondary N) is 1. The fourth-order valence-corrected chi connectivity index (χ4v) is 1.35. The van der Waals surface area contributed by atoms with Crippen LogP contribution in [0.25, 0.3) is 0 Å². The first-order valence-electron chi connectivity index (χ1n) is 4.93. The Kier molecular flexibility index (Phi) is 6.67. The summed E-state index contributed by atoms with van der Waals surface area (Å²) in [6.45, 7) is 3.71. The second-order valence-electron chi connectivity index (χ2n) is 3.89. The first-order chi connectivity index (χ1) is 7.41. The quantitative estimate of drug-likeness (QED) is 0.898. The lowest BCUT2D eigenvalue weighted by molar-refractivity contribution is -0.118. The largest absolute Gasteiger partial charge is 0.325 e. The highest BCUT2D eigenvalue weighted by Gasteiger charge is 2.17. The van der Waals surface area contributed by atoms with Gasteiger partial charge in [0.25, 0.3) is 0 Å². The lowest BCUT2D eigenvalue weighted by atomic mass is 10.1.